The van der Waals surface area contributed by atoms with E-state index >= 15 is 0 Å². The summed E-state index contributed by atoms with van der Waals surface area (Å²) in [4.78, 5) is 2.30. The molecular weight excluding hydrogens is 224 g/mol. The van der Waals surface area contributed by atoms with Gasteiger partial charge in [-0.05, 0) is 25.6 Å². The van der Waals surface area contributed by atoms with Crippen molar-refractivity contribution in [3.05, 3.63) is 36.4 Å². The fourth-order valence-electron chi connectivity index (χ4n) is 2.57. The molecule has 0 amide bonds. The monoisotopic (exact) mass is 242 g/mol. The van der Waals surface area contributed by atoms with Gasteiger partial charge in [-0.25, -0.2) is 0 Å². The lowest BCUT2D eigenvalue weighted by atomic mass is 10.1. The van der Waals surface area contributed by atoms with E-state index in [2.05, 4.69) is 18.0 Å². The Morgan fingerprint density at radius 1 is 1.17 bits per heavy atom. The Labute approximate surface area is 107 Å². The molecule has 18 heavy (non-hydrogen) atoms. The molecule has 2 N–H and O–H groups in total. The first-order chi connectivity index (χ1) is 8.74. The van der Waals surface area contributed by atoms with Crippen LogP contribution in [0.1, 0.15) is 6.42 Å². The van der Waals surface area contributed by atoms with Gasteiger partial charge in [0.15, 0.2) is 0 Å². The van der Waals surface area contributed by atoms with Crippen molar-refractivity contribution in [3.63, 3.8) is 0 Å². The normalized spacial score (nSPS) is 20.4. The van der Waals surface area contributed by atoms with Crippen molar-refractivity contribution in [2.24, 2.45) is 0 Å². The molecule has 1 atom stereocenters. The van der Waals surface area contributed by atoms with Gasteiger partial charge in [-0.2, -0.15) is 0 Å². The van der Waals surface area contributed by atoms with Crippen LogP contribution in [0.3, 0.4) is 0 Å². The van der Waals surface area contributed by atoms with Gasteiger partial charge < -0.3 is 15.4 Å². The second-order valence-electron chi connectivity index (χ2n) is 4.99. The largest absolute Gasteiger partial charge is 0.488 e. The average Bonchev–Trinajstić information content (AvgIpc) is 2.79. The number of likely N-dealkylation sites (tertiary alicyclic amines) is 1. The highest BCUT2D eigenvalue weighted by molar-refractivity contribution is 5.96. The van der Waals surface area contributed by atoms with Gasteiger partial charge in [-0.1, -0.05) is 24.3 Å². The van der Waals surface area contributed by atoms with Crippen LogP contribution < -0.4 is 10.5 Å². The minimum atomic E-state index is 0.294. The van der Waals surface area contributed by atoms with Crippen molar-refractivity contribution >= 4 is 16.5 Å². The Kier molecular flexibility index (Phi) is 2.84. The van der Waals surface area contributed by atoms with Crippen LogP contribution in [-0.4, -0.2) is 31.1 Å². The van der Waals surface area contributed by atoms with Crippen LogP contribution in [0.5, 0.6) is 5.75 Å². The lowest BCUT2D eigenvalue weighted by molar-refractivity contribution is 0.211. The van der Waals surface area contributed by atoms with E-state index in [4.69, 9.17) is 10.5 Å². The molecule has 2 aromatic rings. The Bertz CT molecular complexity index is 567. The predicted octanol–water partition coefficient (Wildman–Crippen LogP) is 2.50. The van der Waals surface area contributed by atoms with E-state index in [9.17, 15) is 0 Å². The number of likely N-dealkylation sites (N-methyl/N-ethyl adjacent to an activating group) is 1. The summed E-state index contributed by atoms with van der Waals surface area (Å²) < 4.78 is 6.12. The topological polar surface area (TPSA) is 38.5 Å². The molecule has 1 aliphatic rings. The molecule has 2 aromatic carbocycles. The molecule has 1 fully saturated rings. The first-order valence-electron chi connectivity index (χ1n) is 6.36. The number of nitrogen functional groups attached to an aromatic ring is 1. The van der Waals surface area contributed by atoms with Crippen LogP contribution in [0.15, 0.2) is 36.4 Å². The number of benzene rings is 2. The molecule has 94 valence electrons. The molecule has 1 heterocycles. The summed E-state index contributed by atoms with van der Waals surface area (Å²) in [6.07, 6.45) is 1.39. The van der Waals surface area contributed by atoms with Gasteiger partial charge in [0.05, 0.1) is 0 Å². The number of rotatable bonds is 2. The molecule has 0 aliphatic carbocycles. The fourth-order valence-corrected chi connectivity index (χ4v) is 2.57. The smallest absolute Gasteiger partial charge is 0.127 e. The maximum absolute atomic E-state index is 6.12. The van der Waals surface area contributed by atoms with E-state index in [-0.39, 0.29) is 0 Å². The van der Waals surface area contributed by atoms with Gasteiger partial charge >= 0.3 is 0 Å². The minimum absolute atomic E-state index is 0.294. The molecule has 1 unspecified atom stereocenters. The van der Waals surface area contributed by atoms with Crippen LogP contribution in [0.2, 0.25) is 0 Å². The number of anilines is 1. The number of fused-ring (bicyclic) bond motifs is 1. The lowest BCUT2D eigenvalue weighted by Crippen LogP contribution is -2.21. The molecular formula is C15H18N2O. The van der Waals surface area contributed by atoms with Crippen molar-refractivity contribution in [1.82, 2.24) is 4.90 Å². The SMILES string of the molecule is CN1CCC(Oc2ccc(N)c3ccccc23)C1. The van der Waals surface area contributed by atoms with E-state index in [0.717, 1.165) is 41.7 Å². The molecule has 3 rings (SSSR count). The highest BCUT2D eigenvalue weighted by Crippen LogP contribution is 2.31. The fraction of sp³-hybridized carbons (Fsp3) is 0.333. The molecule has 3 heteroatoms. The van der Waals surface area contributed by atoms with Crippen molar-refractivity contribution < 1.29 is 4.74 Å². The molecule has 0 radical (unpaired) electrons. The van der Waals surface area contributed by atoms with Gasteiger partial charge in [0.1, 0.15) is 11.9 Å². The van der Waals surface area contributed by atoms with Crippen LogP contribution in [0, 0.1) is 0 Å². The summed E-state index contributed by atoms with van der Waals surface area (Å²) in [6.45, 7) is 2.11. The zero-order valence-electron chi connectivity index (χ0n) is 10.6. The van der Waals surface area contributed by atoms with Crippen LogP contribution in [-0.2, 0) is 0 Å². The molecule has 1 saturated heterocycles. The standard InChI is InChI=1S/C15H18N2O/c1-17-9-8-11(10-17)18-15-7-6-14(16)12-4-2-3-5-13(12)15/h2-7,11H,8-10,16H2,1H3. The van der Waals surface area contributed by atoms with Gasteiger partial charge in [-0.15, -0.1) is 0 Å². The van der Waals surface area contributed by atoms with Crippen LogP contribution >= 0.6 is 0 Å². The summed E-state index contributed by atoms with van der Waals surface area (Å²) in [6, 6.07) is 12.0. The Balaban J connectivity index is 1.95. The molecule has 0 aromatic heterocycles. The molecule has 0 saturated carbocycles. The second-order valence-corrected chi connectivity index (χ2v) is 4.99. The first kappa shape index (κ1) is 11.4. The van der Waals surface area contributed by atoms with E-state index < -0.39 is 0 Å². The van der Waals surface area contributed by atoms with Gasteiger partial charge in [0.2, 0.25) is 0 Å². The maximum Gasteiger partial charge on any atom is 0.127 e. The van der Waals surface area contributed by atoms with E-state index in [1.165, 1.54) is 0 Å². The predicted molar refractivity (Wildman–Crippen MR) is 74.9 cm³/mol. The first-order valence-corrected chi connectivity index (χ1v) is 6.36. The summed E-state index contributed by atoms with van der Waals surface area (Å²) in [5.41, 5.74) is 6.80. The third-order valence-electron chi connectivity index (χ3n) is 3.56. The number of ether oxygens (including phenoxy) is 1. The Morgan fingerprint density at radius 3 is 2.67 bits per heavy atom. The van der Waals surface area contributed by atoms with Gasteiger partial charge in [0.25, 0.3) is 0 Å². The number of nitrogens with zero attached hydrogens (tertiary/aromatic N) is 1. The molecule has 3 nitrogen and oxygen atoms in total. The highest BCUT2D eigenvalue weighted by atomic mass is 16.5. The third-order valence-corrected chi connectivity index (χ3v) is 3.56. The zero-order valence-corrected chi connectivity index (χ0v) is 10.6. The van der Waals surface area contributed by atoms with E-state index in [1.54, 1.807) is 0 Å². The zero-order chi connectivity index (χ0) is 12.5. The maximum atomic E-state index is 6.12. The second kappa shape index (κ2) is 4.50. The summed E-state index contributed by atoms with van der Waals surface area (Å²) in [7, 11) is 2.13. The van der Waals surface area contributed by atoms with Crippen molar-refractivity contribution in [3.8, 4) is 5.75 Å². The number of hydrogen-bond acceptors (Lipinski definition) is 3. The highest BCUT2D eigenvalue weighted by Gasteiger charge is 2.21. The van der Waals surface area contributed by atoms with Crippen molar-refractivity contribution in [1.29, 1.82) is 0 Å². The van der Waals surface area contributed by atoms with Crippen molar-refractivity contribution in [2.45, 2.75) is 12.5 Å². The Morgan fingerprint density at radius 2 is 1.94 bits per heavy atom. The van der Waals surface area contributed by atoms with Crippen LogP contribution in [0.25, 0.3) is 10.8 Å². The minimum Gasteiger partial charge on any atom is -0.488 e. The van der Waals surface area contributed by atoms with Gasteiger partial charge in [0, 0.05) is 29.5 Å². The van der Waals surface area contributed by atoms with E-state index in [0.29, 0.717) is 6.10 Å². The number of hydrogen-bond donors (Lipinski definition) is 1. The average molecular weight is 242 g/mol. The third kappa shape index (κ3) is 2.02. The molecule has 0 bridgehead atoms. The molecule has 1 aliphatic heterocycles. The summed E-state index contributed by atoms with van der Waals surface area (Å²) >= 11 is 0. The van der Waals surface area contributed by atoms with Crippen molar-refractivity contribution in [2.75, 3.05) is 25.9 Å². The molecule has 0 spiro atoms. The Hall–Kier alpha value is -1.74. The van der Waals surface area contributed by atoms with Crippen LogP contribution in [0.4, 0.5) is 5.69 Å². The van der Waals surface area contributed by atoms with Gasteiger partial charge in [-0.3, -0.25) is 0 Å². The number of nitrogens with two attached hydrogens (primary N) is 1. The summed E-state index contributed by atoms with van der Waals surface area (Å²) in [5, 5.41) is 2.17. The lowest BCUT2D eigenvalue weighted by Gasteiger charge is -2.16. The summed E-state index contributed by atoms with van der Waals surface area (Å²) in [5.74, 6) is 0.945. The van der Waals surface area contributed by atoms with E-state index in [1.807, 2.05) is 30.3 Å². The quantitative estimate of drug-likeness (QED) is 0.822.